The van der Waals surface area contributed by atoms with Crippen LogP contribution in [0.3, 0.4) is 0 Å². The number of nitrogens with two attached hydrogens (primary N) is 1. The van der Waals surface area contributed by atoms with Gasteiger partial charge in [-0.1, -0.05) is 65.7 Å². The Bertz CT molecular complexity index is 1050. The molecule has 1 saturated heterocycles. The van der Waals surface area contributed by atoms with Gasteiger partial charge in [-0.3, -0.25) is 9.59 Å². The predicted octanol–water partition coefficient (Wildman–Crippen LogP) is 4.74. The molecule has 184 valence electrons. The van der Waals surface area contributed by atoms with E-state index in [1.54, 1.807) is 4.90 Å². The van der Waals surface area contributed by atoms with Crippen molar-refractivity contribution in [1.82, 2.24) is 10.2 Å². The van der Waals surface area contributed by atoms with E-state index in [2.05, 4.69) is 43.4 Å². The van der Waals surface area contributed by atoms with Crippen LogP contribution in [0.2, 0.25) is 0 Å². The smallest absolute Gasteiger partial charge is 0.243 e. The lowest BCUT2D eigenvalue weighted by Gasteiger charge is -2.35. The van der Waals surface area contributed by atoms with Crippen LogP contribution in [0, 0.1) is 13.8 Å². The number of hydrogen-bond acceptors (Lipinski definition) is 4. The Kier molecular flexibility index (Phi) is 9.87. The van der Waals surface area contributed by atoms with Crippen molar-refractivity contribution in [3.63, 3.8) is 0 Å². The first-order valence-electron chi connectivity index (χ1n) is 12.1. The molecule has 1 fully saturated rings. The number of para-hydroxylation sites is 1. The van der Waals surface area contributed by atoms with E-state index in [1.807, 2.05) is 54.6 Å². The topological polar surface area (TPSA) is 84.7 Å². The lowest BCUT2D eigenvalue weighted by molar-refractivity contribution is -0.146. The lowest BCUT2D eigenvalue weighted by atomic mass is 10.0. The predicted molar refractivity (Wildman–Crippen MR) is 139 cm³/mol. The quantitative estimate of drug-likeness (QED) is 0.463. The summed E-state index contributed by atoms with van der Waals surface area (Å²) in [5, 5.41) is 2.68. The van der Waals surface area contributed by atoms with Crippen molar-refractivity contribution >= 4 is 11.8 Å². The molecule has 0 aromatic heterocycles. The van der Waals surface area contributed by atoms with Crippen LogP contribution in [0.1, 0.15) is 36.0 Å². The molecule has 3 aromatic rings. The molecule has 1 atom stereocenters. The summed E-state index contributed by atoms with van der Waals surface area (Å²) in [5.74, 6) is 1.35. The molecule has 0 unspecified atom stereocenters. The second-order valence-corrected chi connectivity index (χ2v) is 8.75. The number of carbonyl (C=O) groups is 2. The van der Waals surface area contributed by atoms with Crippen molar-refractivity contribution in [3.05, 3.63) is 95.6 Å². The molecule has 6 heteroatoms. The summed E-state index contributed by atoms with van der Waals surface area (Å²) in [5.41, 5.74) is 9.16. The molecule has 0 spiro atoms. The van der Waals surface area contributed by atoms with Gasteiger partial charge in [-0.15, -0.1) is 0 Å². The Hall–Kier alpha value is -3.64. The van der Waals surface area contributed by atoms with Crippen LogP contribution in [0.5, 0.6) is 11.5 Å². The number of hydrogen-bond donors (Lipinski definition) is 2. The van der Waals surface area contributed by atoms with Crippen molar-refractivity contribution in [2.75, 3.05) is 13.1 Å². The van der Waals surface area contributed by atoms with Gasteiger partial charge in [0.25, 0.3) is 0 Å². The normalized spacial score (nSPS) is 15.2. The third kappa shape index (κ3) is 8.26. The maximum Gasteiger partial charge on any atom is 0.243 e. The molecule has 6 nitrogen and oxygen atoms in total. The van der Waals surface area contributed by atoms with Gasteiger partial charge in [-0.05, 0) is 69.5 Å². The first-order chi connectivity index (χ1) is 17.0. The van der Waals surface area contributed by atoms with E-state index in [1.165, 1.54) is 11.1 Å². The Labute approximate surface area is 208 Å². The van der Waals surface area contributed by atoms with Crippen molar-refractivity contribution in [1.29, 1.82) is 0 Å². The fourth-order valence-corrected chi connectivity index (χ4v) is 3.79. The van der Waals surface area contributed by atoms with Gasteiger partial charge in [-0.25, -0.2) is 0 Å². The second-order valence-electron chi connectivity index (χ2n) is 8.75. The molecule has 4 rings (SSSR count). The van der Waals surface area contributed by atoms with E-state index in [0.717, 1.165) is 29.9 Å². The first-order valence-corrected chi connectivity index (χ1v) is 12.1. The number of ether oxygens (including phenoxy) is 1. The monoisotopic (exact) mass is 473 g/mol. The molecule has 0 radical (unpaired) electrons. The van der Waals surface area contributed by atoms with E-state index in [9.17, 15) is 9.59 Å². The Morgan fingerprint density at radius 1 is 0.857 bits per heavy atom. The van der Waals surface area contributed by atoms with Crippen LogP contribution >= 0.6 is 0 Å². The van der Waals surface area contributed by atoms with Gasteiger partial charge in [0.15, 0.2) is 0 Å². The largest absolute Gasteiger partial charge is 0.457 e. The van der Waals surface area contributed by atoms with Crippen molar-refractivity contribution < 1.29 is 14.3 Å². The molecule has 0 saturated carbocycles. The molecule has 0 bridgehead atoms. The molecule has 35 heavy (non-hydrogen) atoms. The number of aryl methyl sites for hydroxylation is 2. The zero-order valence-corrected chi connectivity index (χ0v) is 20.6. The van der Waals surface area contributed by atoms with Gasteiger partial charge in [0, 0.05) is 6.54 Å². The van der Waals surface area contributed by atoms with E-state index >= 15 is 0 Å². The molecular formula is C29H35N3O3. The van der Waals surface area contributed by atoms with Crippen molar-refractivity contribution in [3.8, 4) is 11.5 Å². The van der Waals surface area contributed by atoms with E-state index < -0.39 is 6.04 Å². The molecule has 3 aromatic carbocycles. The Morgan fingerprint density at radius 2 is 1.46 bits per heavy atom. The number of amides is 2. The molecule has 1 aliphatic heterocycles. The van der Waals surface area contributed by atoms with Crippen molar-refractivity contribution in [2.24, 2.45) is 5.73 Å². The number of rotatable bonds is 8. The minimum Gasteiger partial charge on any atom is -0.457 e. The van der Waals surface area contributed by atoms with Crippen LogP contribution in [-0.2, 0) is 16.1 Å². The summed E-state index contributed by atoms with van der Waals surface area (Å²) in [6.45, 7) is 5.25. The summed E-state index contributed by atoms with van der Waals surface area (Å²) in [6.07, 6.45) is 2.30. The highest BCUT2D eigenvalue weighted by Gasteiger charge is 2.33. The van der Waals surface area contributed by atoms with Crippen LogP contribution in [0.4, 0.5) is 0 Å². The summed E-state index contributed by atoms with van der Waals surface area (Å²) in [7, 11) is 0. The van der Waals surface area contributed by atoms with Gasteiger partial charge in [0.05, 0.1) is 6.54 Å². The number of benzene rings is 3. The zero-order chi connectivity index (χ0) is 25.0. The fraction of sp³-hybridized carbons (Fsp3) is 0.310. The van der Waals surface area contributed by atoms with Crippen LogP contribution < -0.4 is 15.8 Å². The van der Waals surface area contributed by atoms with Gasteiger partial charge in [0.1, 0.15) is 17.5 Å². The third-order valence-corrected chi connectivity index (χ3v) is 5.82. The van der Waals surface area contributed by atoms with Crippen LogP contribution in [-0.4, -0.2) is 35.8 Å². The van der Waals surface area contributed by atoms with Gasteiger partial charge in [0.2, 0.25) is 11.8 Å². The Balaban J connectivity index is 0.000000363. The SMILES string of the molecule is Cc1ccc(C)cc1.NCCCC[C@H]1C(=O)NCC(=O)N1Cc1ccc(Oc2ccccc2)cc1. The standard InChI is InChI=1S/C21H25N3O3.C8H10/c22-13-5-4-8-19-21(26)23-14-20(25)24(19)15-16-9-11-18(12-10-16)27-17-6-2-1-3-7-17;1-7-3-5-8(2)6-4-7/h1-3,6-7,9-12,19H,4-5,8,13-15,22H2,(H,23,26);3-6H,1-2H3/t19-;/m0./s1. The summed E-state index contributed by atoms with van der Waals surface area (Å²) in [6, 6.07) is 25.2. The summed E-state index contributed by atoms with van der Waals surface area (Å²) >= 11 is 0. The maximum atomic E-state index is 12.4. The third-order valence-electron chi connectivity index (χ3n) is 5.82. The molecule has 1 heterocycles. The fourth-order valence-electron chi connectivity index (χ4n) is 3.79. The number of unbranched alkanes of at least 4 members (excludes halogenated alkanes) is 1. The zero-order valence-electron chi connectivity index (χ0n) is 20.6. The minimum absolute atomic E-state index is 0.0570. The minimum atomic E-state index is -0.432. The van der Waals surface area contributed by atoms with E-state index in [-0.39, 0.29) is 18.4 Å². The molecule has 3 N–H and O–H groups in total. The molecule has 1 aliphatic rings. The van der Waals surface area contributed by atoms with E-state index in [0.29, 0.717) is 19.5 Å². The lowest BCUT2D eigenvalue weighted by Crippen LogP contribution is -2.57. The van der Waals surface area contributed by atoms with Gasteiger partial charge in [-0.2, -0.15) is 0 Å². The maximum absolute atomic E-state index is 12.4. The van der Waals surface area contributed by atoms with Gasteiger partial charge >= 0.3 is 0 Å². The average Bonchev–Trinajstić information content (AvgIpc) is 2.87. The van der Waals surface area contributed by atoms with Crippen molar-refractivity contribution in [2.45, 2.75) is 45.7 Å². The summed E-state index contributed by atoms with van der Waals surface area (Å²) < 4.78 is 5.79. The molecular weight excluding hydrogens is 438 g/mol. The highest BCUT2D eigenvalue weighted by molar-refractivity contribution is 5.94. The number of piperazine rings is 1. The highest BCUT2D eigenvalue weighted by Crippen LogP contribution is 2.23. The average molecular weight is 474 g/mol. The number of carbonyl (C=O) groups excluding carboxylic acids is 2. The van der Waals surface area contributed by atoms with Gasteiger partial charge < -0.3 is 20.7 Å². The van der Waals surface area contributed by atoms with E-state index in [4.69, 9.17) is 10.5 Å². The van der Waals surface area contributed by atoms with Crippen LogP contribution in [0.15, 0.2) is 78.9 Å². The molecule has 2 amide bonds. The summed E-state index contributed by atoms with van der Waals surface area (Å²) in [4.78, 5) is 26.3. The second kappa shape index (κ2) is 13.3. The number of nitrogens with zero attached hydrogens (tertiary/aromatic N) is 1. The molecule has 0 aliphatic carbocycles. The number of nitrogens with one attached hydrogen (secondary N) is 1. The Morgan fingerprint density at radius 3 is 2.06 bits per heavy atom. The highest BCUT2D eigenvalue weighted by atomic mass is 16.5. The first kappa shape index (κ1) is 26.0. The van der Waals surface area contributed by atoms with Crippen LogP contribution in [0.25, 0.3) is 0 Å².